The molecule has 1 aromatic carbocycles. The van der Waals surface area contributed by atoms with E-state index in [-0.39, 0.29) is 17.8 Å². The summed E-state index contributed by atoms with van der Waals surface area (Å²) in [6.07, 6.45) is -0.288. The second kappa shape index (κ2) is 9.28. The molecule has 1 fully saturated rings. The first-order valence-corrected chi connectivity index (χ1v) is 8.68. The molecule has 2 N–H and O–H groups in total. The monoisotopic (exact) mass is 380 g/mol. The number of nitro benzene ring substituents is 1. The van der Waals surface area contributed by atoms with Gasteiger partial charge < -0.3 is 20.1 Å². The second-order valence-corrected chi connectivity index (χ2v) is 6.31. The van der Waals surface area contributed by atoms with Crippen LogP contribution in [0.25, 0.3) is 0 Å². The van der Waals surface area contributed by atoms with Crippen LogP contribution in [0.4, 0.5) is 11.4 Å². The first-order valence-electron chi connectivity index (χ1n) is 8.68. The van der Waals surface area contributed by atoms with E-state index in [0.29, 0.717) is 25.4 Å². The van der Waals surface area contributed by atoms with Crippen LogP contribution in [0, 0.1) is 10.1 Å². The smallest absolute Gasteiger partial charge is 0.321 e. The zero-order chi connectivity index (χ0) is 20.0. The molecule has 0 aliphatic carbocycles. The lowest BCUT2D eigenvalue weighted by atomic mass is 10.1. The molecule has 0 spiro atoms. The number of hydrogen-bond acceptors (Lipinski definition) is 7. The Morgan fingerprint density at radius 1 is 1.33 bits per heavy atom. The Morgan fingerprint density at radius 3 is 2.56 bits per heavy atom. The summed E-state index contributed by atoms with van der Waals surface area (Å²) < 4.78 is 5.24. The number of nitro groups is 1. The van der Waals surface area contributed by atoms with Gasteiger partial charge in [0, 0.05) is 26.2 Å². The van der Waals surface area contributed by atoms with Gasteiger partial charge in [0.2, 0.25) is 5.91 Å². The topological polar surface area (TPSA) is 125 Å². The normalized spacial score (nSPS) is 16.5. The minimum atomic E-state index is -1.09. The van der Waals surface area contributed by atoms with Crippen LogP contribution in [0.2, 0.25) is 0 Å². The molecule has 1 unspecified atom stereocenters. The number of aliphatic carboxylic acids is 1. The van der Waals surface area contributed by atoms with E-state index in [9.17, 15) is 24.8 Å². The summed E-state index contributed by atoms with van der Waals surface area (Å²) in [5.74, 6) is -1.35. The van der Waals surface area contributed by atoms with Crippen LogP contribution in [0.5, 0.6) is 5.75 Å². The molecule has 2 rings (SSSR count). The zero-order valence-electron chi connectivity index (χ0n) is 15.4. The number of carboxylic acid groups (broad SMARTS) is 1. The van der Waals surface area contributed by atoms with Crippen LogP contribution in [-0.4, -0.2) is 77.6 Å². The van der Waals surface area contributed by atoms with Gasteiger partial charge in [0.05, 0.1) is 24.0 Å². The van der Waals surface area contributed by atoms with E-state index in [1.54, 1.807) is 11.8 Å². The molecule has 10 nitrogen and oxygen atoms in total. The van der Waals surface area contributed by atoms with Gasteiger partial charge in [-0.15, -0.1) is 0 Å². The third-order valence-electron chi connectivity index (χ3n) is 4.39. The second-order valence-electron chi connectivity index (χ2n) is 6.31. The van der Waals surface area contributed by atoms with Crippen LogP contribution < -0.4 is 10.1 Å². The van der Waals surface area contributed by atoms with Crippen molar-refractivity contribution in [3.8, 4) is 5.75 Å². The number of likely N-dealkylation sites (N-methyl/N-ethyl adjacent to an activating group) is 1. The molecule has 0 bridgehead atoms. The van der Waals surface area contributed by atoms with Crippen molar-refractivity contribution in [2.75, 3.05) is 45.2 Å². The molecule has 148 valence electrons. The summed E-state index contributed by atoms with van der Waals surface area (Å²) in [6.45, 7) is 4.64. The third-order valence-corrected chi connectivity index (χ3v) is 4.39. The van der Waals surface area contributed by atoms with Crippen molar-refractivity contribution in [2.24, 2.45) is 0 Å². The molecule has 27 heavy (non-hydrogen) atoms. The lowest BCUT2D eigenvalue weighted by Crippen LogP contribution is -2.52. The standard InChI is InChI=1S/C17H24N4O6/c1-3-27-12-4-5-13(14(10-12)21(25)26)18-16(22)11-15(17(23)24)20-8-6-19(2)7-9-20/h4-5,10,15H,3,6-9,11H2,1-2H3,(H,18,22)(H,23,24). The largest absolute Gasteiger partial charge is 0.494 e. The maximum atomic E-state index is 12.4. The quantitative estimate of drug-likeness (QED) is 0.506. The van der Waals surface area contributed by atoms with Gasteiger partial charge in [0.1, 0.15) is 17.5 Å². The van der Waals surface area contributed by atoms with Gasteiger partial charge in [-0.3, -0.25) is 24.6 Å². The van der Waals surface area contributed by atoms with Crippen LogP contribution >= 0.6 is 0 Å². The number of ether oxygens (including phenoxy) is 1. The Hall–Kier alpha value is -2.72. The summed E-state index contributed by atoms with van der Waals surface area (Å²) in [7, 11) is 1.95. The molecule has 1 aliphatic heterocycles. The Morgan fingerprint density at radius 2 is 2.00 bits per heavy atom. The molecular formula is C17H24N4O6. The lowest BCUT2D eigenvalue weighted by molar-refractivity contribution is -0.384. The van der Waals surface area contributed by atoms with Gasteiger partial charge in [-0.25, -0.2) is 0 Å². The van der Waals surface area contributed by atoms with Crippen molar-refractivity contribution in [3.63, 3.8) is 0 Å². The number of carboxylic acids is 1. The first kappa shape index (κ1) is 20.6. The molecule has 0 saturated carbocycles. The average Bonchev–Trinajstić information content (AvgIpc) is 2.61. The average molecular weight is 380 g/mol. The fraction of sp³-hybridized carbons (Fsp3) is 0.529. The highest BCUT2D eigenvalue weighted by Gasteiger charge is 2.30. The van der Waals surface area contributed by atoms with Gasteiger partial charge >= 0.3 is 5.97 Å². The van der Waals surface area contributed by atoms with Gasteiger partial charge in [-0.1, -0.05) is 0 Å². The predicted molar refractivity (Wildman–Crippen MR) is 98.0 cm³/mol. The third kappa shape index (κ3) is 5.63. The number of benzene rings is 1. The van der Waals surface area contributed by atoms with E-state index in [1.165, 1.54) is 18.2 Å². The van der Waals surface area contributed by atoms with Gasteiger partial charge in [0.15, 0.2) is 0 Å². The van der Waals surface area contributed by atoms with E-state index in [4.69, 9.17) is 4.74 Å². The van der Waals surface area contributed by atoms with Crippen LogP contribution in [0.15, 0.2) is 18.2 Å². The van der Waals surface area contributed by atoms with Gasteiger partial charge in [0.25, 0.3) is 5.69 Å². The van der Waals surface area contributed by atoms with E-state index in [2.05, 4.69) is 10.2 Å². The van der Waals surface area contributed by atoms with Crippen molar-refractivity contribution in [3.05, 3.63) is 28.3 Å². The number of carbonyl (C=O) groups excluding carboxylic acids is 1. The Labute approximate surface area is 156 Å². The van der Waals surface area contributed by atoms with Gasteiger partial charge in [-0.2, -0.15) is 0 Å². The fourth-order valence-corrected chi connectivity index (χ4v) is 2.91. The number of anilines is 1. The molecule has 1 saturated heterocycles. The van der Waals surface area contributed by atoms with E-state index < -0.39 is 22.8 Å². The van der Waals surface area contributed by atoms with E-state index >= 15 is 0 Å². The highest BCUT2D eigenvalue weighted by atomic mass is 16.6. The maximum Gasteiger partial charge on any atom is 0.321 e. The molecule has 10 heteroatoms. The molecule has 0 radical (unpaired) electrons. The zero-order valence-corrected chi connectivity index (χ0v) is 15.4. The lowest BCUT2D eigenvalue weighted by Gasteiger charge is -2.35. The predicted octanol–water partition coefficient (Wildman–Crippen LogP) is 1.02. The molecule has 1 atom stereocenters. The number of piperazine rings is 1. The maximum absolute atomic E-state index is 12.4. The van der Waals surface area contributed by atoms with Crippen LogP contribution in [-0.2, 0) is 9.59 Å². The van der Waals surface area contributed by atoms with Crippen LogP contribution in [0.3, 0.4) is 0 Å². The Bertz CT molecular complexity index is 703. The molecule has 1 aromatic rings. The van der Waals surface area contributed by atoms with E-state index in [1.807, 2.05) is 7.05 Å². The highest BCUT2D eigenvalue weighted by molar-refractivity contribution is 5.96. The number of nitrogens with one attached hydrogen (secondary N) is 1. The van der Waals surface area contributed by atoms with Crippen molar-refractivity contribution in [2.45, 2.75) is 19.4 Å². The van der Waals surface area contributed by atoms with Crippen LogP contribution in [0.1, 0.15) is 13.3 Å². The number of nitrogens with zero attached hydrogens (tertiary/aromatic N) is 3. The van der Waals surface area contributed by atoms with Crippen molar-refractivity contribution in [1.29, 1.82) is 0 Å². The highest BCUT2D eigenvalue weighted by Crippen LogP contribution is 2.29. The molecule has 1 aliphatic rings. The number of amides is 1. The first-order chi connectivity index (χ1) is 12.8. The summed E-state index contributed by atoms with van der Waals surface area (Å²) in [6, 6.07) is 3.16. The minimum Gasteiger partial charge on any atom is -0.494 e. The number of hydrogen-bond donors (Lipinski definition) is 2. The molecule has 0 aromatic heterocycles. The fourth-order valence-electron chi connectivity index (χ4n) is 2.91. The summed E-state index contributed by atoms with van der Waals surface area (Å²) >= 11 is 0. The van der Waals surface area contributed by atoms with Crippen molar-refractivity contribution >= 4 is 23.3 Å². The molecule has 1 amide bonds. The number of rotatable bonds is 8. The Kier molecular flexibility index (Phi) is 7.08. The molecular weight excluding hydrogens is 356 g/mol. The van der Waals surface area contributed by atoms with E-state index in [0.717, 1.165) is 13.1 Å². The molecule has 1 heterocycles. The van der Waals surface area contributed by atoms with Crippen molar-refractivity contribution in [1.82, 2.24) is 9.80 Å². The summed E-state index contributed by atoms with van der Waals surface area (Å²) in [5.41, 5.74) is -0.295. The SMILES string of the molecule is CCOc1ccc(NC(=O)CC(C(=O)O)N2CCN(C)CC2)c([N+](=O)[O-])c1. The summed E-state index contributed by atoms with van der Waals surface area (Å²) in [4.78, 5) is 38.4. The minimum absolute atomic E-state index is 0.0102. The summed E-state index contributed by atoms with van der Waals surface area (Å²) in [5, 5.41) is 23.2. The number of carbonyl (C=O) groups is 2. The van der Waals surface area contributed by atoms with Crippen molar-refractivity contribution < 1.29 is 24.4 Å². The van der Waals surface area contributed by atoms with Gasteiger partial charge in [-0.05, 0) is 26.1 Å². The Balaban J connectivity index is 2.09.